The Balaban J connectivity index is 2.30. The molecule has 3 N–H and O–H groups in total. The Morgan fingerprint density at radius 1 is 1.32 bits per heavy atom. The number of aromatic nitrogens is 1. The van der Waals surface area contributed by atoms with E-state index in [-0.39, 0.29) is 11.9 Å². The zero-order chi connectivity index (χ0) is 14.3. The molecule has 1 heterocycles. The molecule has 0 aliphatic heterocycles. The molecule has 0 bridgehead atoms. The van der Waals surface area contributed by atoms with Gasteiger partial charge < -0.3 is 11.1 Å². The molecule has 0 spiro atoms. The van der Waals surface area contributed by atoms with Gasteiger partial charge in [-0.25, -0.2) is 4.98 Å². The number of thiazole rings is 1. The van der Waals surface area contributed by atoms with E-state index < -0.39 is 0 Å². The summed E-state index contributed by atoms with van der Waals surface area (Å²) in [6.07, 6.45) is 4.80. The fraction of sp³-hybridized carbons (Fsp3) is 0.714. The third kappa shape index (κ3) is 5.70. The number of unbranched alkanes of at least 4 members (excludes halogenated alkanes) is 3. The first-order valence-corrected chi connectivity index (χ1v) is 7.79. The van der Waals surface area contributed by atoms with Crippen molar-refractivity contribution in [2.24, 2.45) is 5.73 Å². The molecule has 1 aromatic heterocycles. The molecular weight excluding hydrogens is 258 g/mol. The number of rotatable bonds is 8. The molecule has 1 aromatic rings. The Bertz CT molecular complexity index is 403. The van der Waals surface area contributed by atoms with Crippen LogP contribution in [-0.2, 0) is 4.79 Å². The number of aryl methyl sites for hydroxylation is 2. The maximum atomic E-state index is 11.8. The van der Waals surface area contributed by atoms with E-state index in [0.29, 0.717) is 6.42 Å². The van der Waals surface area contributed by atoms with E-state index in [4.69, 9.17) is 5.73 Å². The van der Waals surface area contributed by atoms with Crippen LogP contribution in [-0.4, -0.2) is 17.4 Å². The topological polar surface area (TPSA) is 68.0 Å². The first-order valence-electron chi connectivity index (χ1n) is 6.98. The van der Waals surface area contributed by atoms with Gasteiger partial charge in [0.05, 0.1) is 16.7 Å². The second-order valence-corrected chi connectivity index (χ2v) is 6.16. The second kappa shape index (κ2) is 8.27. The summed E-state index contributed by atoms with van der Waals surface area (Å²) in [7, 11) is 0. The van der Waals surface area contributed by atoms with Gasteiger partial charge in [-0.2, -0.15) is 0 Å². The summed E-state index contributed by atoms with van der Waals surface area (Å²) in [5.74, 6) is 0.130. The van der Waals surface area contributed by atoms with E-state index in [2.05, 4.69) is 10.3 Å². The maximum absolute atomic E-state index is 11.8. The quantitative estimate of drug-likeness (QED) is 0.721. The molecule has 1 atom stereocenters. The predicted molar refractivity (Wildman–Crippen MR) is 80.3 cm³/mol. The van der Waals surface area contributed by atoms with E-state index >= 15 is 0 Å². The minimum absolute atomic E-state index is 0.0581. The summed E-state index contributed by atoms with van der Waals surface area (Å²) in [6.45, 7) is 6.75. The molecule has 1 rings (SSSR count). The van der Waals surface area contributed by atoms with Gasteiger partial charge in [0.25, 0.3) is 0 Å². The van der Waals surface area contributed by atoms with E-state index in [0.717, 1.165) is 47.8 Å². The molecule has 0 saturated carbocycles. The molecular formula is C14H25N3OS. The van der Waals surface area contributed by atoms with Gasteiger partial charge in [0, 0.05) is 11.3 Å². The lowest BCUT2D eigenvalue weighted by atomic mass is 10.1. The number of carbonyl (C=O) groups is 1. The van der Waals surface area contributed by atoms with Gasteiger partial charge >= 0.3 is 0 Å². The average Bonchev–Trinajstić information content (AvgIpc) is 2.68. The van der Waals surface area contributed by atoms with Crippen molar-refractivity contribution in [3.8, 4) is 0 Å². The lowest BCUT2D eigenvalue weighted by Gasteiger charge is -2.12. The van der Waals surface area contributed by atoms with Gasteiger partial charge in [-0.3, -0.25) is 4.79 Å². The van der Waals surface area contributed by atoms with Crippen LogP contribution < -0.4 is 11.1 Å². The molecule has 1 unspecified atom stereocenters. The van der Waals surface area contributed by atoms with E-state index in [1.165, 1.54) is 0 Å². The van der Waals surface area contributed by atoms with Gasteiger partial charge in [-0.1, -0.05) is 12.8 Å². The summed E-state index contributed by atoms with van der Waals surface area (Å²) in [5.41, 5.74) is 6.46. The molecule has 4 nitrogen and oxygen atoms in total. The SMILES string of the molecule is Cc1nc(C)c(C(C)NC(=O)CCCCCCN)s1. The van der Waals surface area contributed by atoms with Crippen LogP contribution in [0.3, 0.4) is 0 Å². The van der Waals surface area contributed by atoms with Gasteiger partial charge in [0.15, 0.2) is 0 Å². The molecule has 0 aliphatic carbocycles. The van der Waals surface area contributed by atoms with Gasteiger partial charge in [-0.15, -0.1) is 11.3 Å². The van der Waals surface area contributed by atoms with E-state index in [1.54, 1.807) is 11.3 Å². The molecule has 0 fully saturated rings. The van der Waals surface area contributed by atoms with Crippen LogP contribution in [0.1, 0.15) is 60.6 Å². The van der Waals surface area contributed by atoms with Crippen LogP contribution in [0.2, 0.25) is 0 Å². The van der Waals surface area contributed by atoms with Gasteiger partial charge in [0.1, 0.15) is 0 Å². The van der Waals surface area contributed by atoms with Gasteiger partial charge in [0.2, 0.25) is 5.91 Å². The highest BCUT2D eigenvalue weighted by Crippen LogP contribution is 2.24. The van der Waals surface area contributed by atoms with Crippen molar-refractivity contribution in [2.45, 2.75) is 58.9 Å². The highest BCUT2D eigenvalue weighted by molar-refractivity contribution is 7.11. The normalized spacial score (nSPS) is 12.4. The van der Waals surface area contributed by atoms with Crippen LogP contribution in [0.15, 0.2) is 0 Å². The third-order valence-electron chi connectivity index (χ3n) is 3.07. The van der Waals surface area contributed by atoms with Crippen molar-refractivity contribution >= 4 is 17.2 Å². The van der Waals surface area contributed by atoms with Crippen LogP contribution in [0.5, 0.6) is 0 Å². The summed E-state index contributed by atoms with van der Waals surface area (Å²) < 4.78 is 0. The van der Waals surface area contributed by atoms with Crippen LogP contribution in [0, 0.1) is 13.8 Å². The number of carbonyl (C=O) groups excluding carboxylic acids is 1. The first-order chi connectivity index (χ1) is 9.04. The number of hydrogen-bond donors (Lipinski definition) is 2. The summed E-state index contributed by atoms with van der Waals surface area (Å²) in [4.78, 5) is 17.4. The third-order valence-corrected chi connectivity index (χ3v) is 4.32. The fourth-order valence-electron chi connectivity index (χ4n) is 2.11. The highest BCUT2D eigenvalue weighted by atomic mass is 32.1. The molecule has 0 radical (unpaired) electrons. The summed E-state index contributed by atoms with van der Waals surface area (Å²) >= 11 is 1.66. The van der Waals surface area contributed by atoms with Crippen molar-refractivity contribution in [3.05, 3.63) is 15.6 Å². The smallest absolute Gasteiger partial charge is 0.220 e. The van der Waals surface area contributed by atoms with Crippen molar-refractivity contribution < 1.29 is 4.79 Å². The number of nitrogens with two attached hydrogens (primary N) is 1. The zero-order valence-electron chi connectivity index (χ0n) is 12.2. The number of nitrogens with one attached hydrogen (secondary N) is 1. The zero-order valence-corrected chi connectivity index (χ0v) is 13.0. The molecule has 0 aliphatic rings. The Morgan fingerprint density at radius 2 is 2.00 bits per heavy atom. The Kier molecular flexibility index (Phi) is 7.02. The Morgan fingerprint density at radius 3 is 2.58 bits per heavy atom. The standard InChI is InChI=1S/C14H25N3OS/c1-10-14(19-12(3)16-10)11(2)17-13(18)8-6-4-5-7-9-15/h11H,4-9,15H2,1-3H3,(H,17,18). The lowest BCUT2D eigenvalue weighted by molar-refractivity contribution is -0.121. The number of nitrogens with zero attached hydrogens (tertiary/aromatic N) is 1. The van der Waals surface area contributed by atoms with Crippen LogP contribution in [0.25, 0.3) is 0 Å². The van der Waals surface area contributed by atoms with E-state index in [1.807, 2.05) is 20.8 Å². The lowest BCUT2D eigenvalue weighted by Crippen LogP contribution is -2.26. The van der Waals surface area contributed by atoms with Gasteiger partial charge in [-0.05, 0) is 40.2 Å². The largest absolute Gasteiger partial charge is 0.349 e. The van der Waals surface area contributed by atoms with Crippen molar-refractivity contribution in [3.63, 3.8) is 0 Å². The molecule has 5 heteroatoms. The minimum atomic E-state index is 0.0581. The van der Waals surface area contributed by atoms with Crippen molar-refractivity contribution in [1.82, 2.24) is 10.3 Å². The summed E-state index contributed by atoms with van der Waals surface area (Å²) in [5, 5.41) is 4.10. The fourth-order valence-corrected chi connectivity index (χ4v) is 3.04. The minimum Gasteiger partial charge on any atom is -0.349 e. The van der Waals surface area contributed by atoms with Crippen LogP contribution >= 0.6 is 11.3 Å². The summed E-state index contributed by atoms with van der Waals surface area (Å²) in [6, 6.07) is 0.0581. The van der Waals surface area contributed by atoms with E-state index in [9.17, 15) is 4.79 Å². The second-order valence-electron chi connectivity index (χ2n) is 4.92. The Labute approximate surface area is 119 Å². The van der Waals surface area contributed by atoms with Crippen molar-refractivity contribution in [1.29, 1.82) is 0 Å². The first kappa shape index (κ1) is 16.1. The molecule has 108 valence electrons. The van der Waals surface area contributed by atoms with Crippen LogP contribution in [0.4, 0.5) is 0 Å². The Hall–Kier alpha value is -0.940. The predicted octanol–water partition coefficient (Wildman–Crippen LogP) is 2.85. The highest BCUT2D eigenvalue weighted by Gasteiger charge is 2.14. The average molecular weight is 283 g/mol. The maximum Gasteiger partial charge on any atom is 0.220 e. The number of hydrogen-bond acceptors (Lipinski definition) is 4. The van der Waals surface area contributed by atoms with Crippen molar-refractivity contribution in [2.75, 3.05) is 6.54 Å². The molecule has 19 heavy (non-hydrogen) atoms. The molecule has 1 amide bonds. The molecule has 0 aromatic carbocycles. The molecule has 0 saturated heterocycles. The monoisotopic (exact) mass is 283 g/mol. The number of amides is 1.